The lowest BCUT2D eigenvalue weighted by Crippen LogP contribution is -2.54. The standard InChI is InChI=1S/C18H25ClN2O2/c1-13(2)9-11-20-17(23)18(3)10-8-16(22)21(18)12-14-4-6-15(19)7-5-14/h4-7,13H,8-12H2,1-3H3,(H,20,23)/t18-/m0/s1. The molecule has 1 aromatic carbocycles. The Morgan fingerprint density at radius 3 is 2.61 bits per heavy atom. The van der Waals surface area contributed by atoms with Crippen LogP contribution < -0.4 is 5.32 Å². The molecule has 0 unspecified atom stereocenters. The third kappa shape index (κ3) is 4.25. The maximum atomic E-state index is 12.6. The van der Waals surface area contributed by atoms with Gasteiger partial charge in [-0.3, -0.25) is 9.59 Å². The second-order valence-electron chi connectivity index (χ2n) is 6.82. The predicted octanol–water partition coefficient (Wildman–Crippen LogP) is 3.38. The first-order valence-electron chi connectivity index (χ1n) is 8.16. The lowest BCUT2D eigenvalue weighted by atomic mass is 9.97. The molecular weight excluding hydrogens is 312 g/mol. The van der Waals surface area contributed by atoms with E-state index in [0.717, 1.165) is 12.0 Å². The van der Waals surface area contributed by atoms with Crippen LogP contribution in [0, 0.1) is 5.92 Å². The minimum absolute atomic E-state index is 0.0291. The van der Waals surface area contributed by atoms with E-state index < -0.39 is 5.54 Å². The maximum Gasteiger partial charge on any atom is 0.245 e. The minimum Gasteiger partial charge on any atom is -0.354 e. The normalized spacial score (nSPS) is 21.1. The van der Waals surface area contributed by atoms with Gasteiger partial charge in [0.25, 0.3) is 0 Å². The molecule has 4 nitrogen and oxygen atoms in total. The number of halogens is 1. The highest BCUT2D eigenvalue weighted by Crippen LogP contribution is 2.32. The van der Waals surface area contributed by atoms with Gasteiger partial charge in [0.2, 0.25) is 11.8 Å². The maximum absolute atomic E-state index is 12.6. The van der Waals surface area contributed by atoms with Crippen LogP contribution in [-0.2, 0) is 16.1 Å². The largest absolute Gasteiger partial charge is 0.354 e. The molecule has 0 aromatic heterocycles. The Balaban J connectivity index is 2.07. The Labute approximate surface area is 143 Å². The molecule has 23 heavy (non-hydrogen) atoms. The zero-order valence-corrected chi connectivity index (χ0v) is 14.8. The molecule has 0 saturated carbocycles. The topological polar surface area (TPSA) is 49.4 Å². The summed E-state index contributed by atoms with van der Waals surface area (Å²) in [5.74, 6) is 0.512. The molecule has 1 saturated heterocycles. The number of hydrogen-bond donors (Lipinski definition) is 1. The molecule has 0 bridgehead atoms. The van der Waals surface area contributed by atoms with Gasteiger partial charge in [0.15, 0.2) is 0 Å². The van der Waals surface area contributed by atoms with Crippen molar-refractivity contribution >= 4 is 23.4 Å². The molecule has 1 aliphatic heterocycles. The average molecular weight is 337 g/mol. The van der Waals surface area contributed by atoms with Crippen LogP contribution in [0.5, 0.6) is 0 Å². The number of nitrogens with one attached hydrogen (secondary N) is 1. The number of rotatable bonds is 6. The van der Waals surface area contributed by atoms with Crippen LogP contribution in [-0.4, -0.2) is 28.8 Å². The van der Waals surface area contributed by atoms with Crippen LogP contribution in [0.1, 0.15) is 45.6 Å². The Morgan fingerprint density at radius 1 is 1.35 bits per heavy atom. The SMILES string of the molecule is CC(C)CCNC(=O)[C@]1(C)CCC(=O)N1Cc1ccc(Cl)cc1. The third-order valence-electron chi connectivity index (χ3n) is 4.47. The molecule has 2 amide bonds. The second-order valence-corrected chi connectivity index (χ2v) is 7.26. The molecule has 0 radical (unpaired) electrons. The molecule has 1 heterocycles. The number of carbonyl (C=O) groups excluding carboxylic acids is 2. The molecule has 1 atom stereocenters. The van der Waals surface area contributed by atoms with Crippen molar-refractivity contribution in [1.29, 1.82) is 0 Å². The highest BCUT2D eigenvalue weighted by molar-refractivity contribution is 6.30. The summed E-state index contributed by atoms with van der Waals surface area (Å²) < 4.78 is 0. The van der Waals surface area contributed by atoms with E-state index in [9.17, 15) is 9.59 Å². The number of amides is 2. The Morgan fingerprint density at radius 2 is 2.00 bits per heavy atom. The molecule has 0 spiro atoms. The van der Waals surface area contributed by atoms with E-state index in [4.69, 9.17) is 11.6 Å². The lowest BCUT2D eigenvalue weighted by Gasteiger charge is -2.34. The Kier molecular flexibility index (Phi) is 5.69. The Bertz CT molecular complexity index is 571. The number of nitrogens with zero attached hydrogens (tertiary/aromatic N) is 1. The summed E-state index contributed by atoms with van der Waals surface area (Å²) in [7, 11) is 0. The van der Waals surface area contributed by atoms with Crippen LogP contribution in [0.4, 0.5) is 0 Å². The zero-order valence-electron chi connectivity index (χ0n) is 14.1. The molecule has 1 aliphatic rings. The van der Waals surface area contributed by atoms with Gasteiger partial charge in [-0.05, 0) is 43.4 Å². The van der Waals surface area contributed by atoms with Crippen molar-refractivity contribution < 1.29 is 9.59 Å². The van der Waals surface area contributed by atoms with Crippen LogP contribution in [0.25, 0.3) is 0 Å². The van der Waals surface area contributed by atoms with Crippen molar-refractivity contribution in [3.8, 4) is 0 Å². The summed E-state index contributed by atoms with van der Waals surface area (Å²) >= 11 is 5.90. The first-order valence-corrected chi connectivity index (χ1v) is 8.54. The number of hydrogen-bond acceptors (Lipinski definition) is 2. The predicted molar refractivity (Wildman–Crippen MR) is 92.1 cm³/mol. The minimum atomic E-state index is -0.770. The fraction of sp³-hybridized carbons (Fsp3) is 0.556. The van der Waals surface area contributed by atoms with E-state index in [1.54, 1.807) is 17.0 Å². The van der Waals surface area contributed by atoms with E-state index in [-0.39, 0.29) is 11.8 Å². The molecule has 5 heteroatoms. The monoisotopic (exact) mass is 336 g/mol. The van der Waals surface area contributed by atoms with Gasteiger partial charge in [0.1, 0.15) is 5.54 Å². The van der Waals surface area contributed by atoms with Gasteiger partial charge < -0.3 is 10.2 Å². The summed E-state index contributed by atoms with van der Waals surface area (Å²) in [4.78, 5) is 26.6. The summed E-state index contributed by atoms with van der Waals surface area (Å²) in [6.07, 6.45) is 1.92. The number of likely N-dealkylation sites (tertiary alicyclic amines) is 1. The van der Waals surface area contributed by atoms with Crippen LogP contribution in [0.2, 0.25) is 5.02 Å². The van der Waals surface area contributed by atoms with Crippen LogP contribution in [0.15, 0.2) is 24.3 Å². The summed E-state index contributed by atoms with van der Waals surface area (Å²) in [6.45, 7) is 7.19. The van der Waals surface area contributed by atoms with Gasteiger partial charge in [-0.15, -0.1) is 0 Å². The molecule has 1 fully saturated rings. The van der Waals surface area contributed by atoms with E-state index in [1.165, 1.54) is 0 Å². The van der Waals surface area contributed by atoms with Gasteiger partial charge in [-0.1, -0.05) is 37.6 Å². The smallest absolute Gasteiger partial charge is 0.245 e. The fourth-order valence-corrected chi connectivity index (χ4v) is 2.96. The average Bonchev–Trinajstić information content (AvgIpc) is 2.78. The quantitative estimate of drug-likeness (QED) is 0.865. The van der Waals surface area contributed by atoms with Gasteiger partial charge in [0, 0.05) is 24.5 Å². The molecule has 2 rings (SSSR count). The van der Waals surface area contributed by atoms with Gasteiger partial charge in [-0.25, -0.2) is 0 Å². The summed E-state index contributed by atoms with van der Waals surface area (Å²) in [6, 6.07) is 7.39. The summed E-state index contributed by atoms with van der Waals surface area (Å²) in [5, 5.41) is 3.65. The van der Waals surface area contributed by atoms with Crippen LogP contribution in [0.3, 0.4) is 0 Å². The van der Waals surface area contributed by atoms with Crippen molar-refractivity contribution in [1.82, 2.24) is 10.2 Å². The highest BCUT2D eigenvalue weighted by atomic mass is 35.5. The molecular formula is C18H25ClN2O2. The third-order valence-corrected chi connectivity index (χ3v) is 4.72. The number of carbonyl (C=O) groups is 2. The molecule has 1 N–H and O–H groups in total. The summed E-state index contributed by atoms with van der Waals surface area (Å²) in [5.41, 5.74) is 0.208. The van der Waals surface area contributed by atoms with Crippen molar-refractivity contribution in [2.45, 2.75) is 52.1 Å². The molecule has 1 aromatic rings. The number of benzene rings is 1. The van der Waals surface area contributed by atoms with Crippen molar-refractivity contribution in [3.05, 3.63) is 34.9 Å². The van der Waals surface area contributed by atoms with Crippen molar-refractivity contribution in [3.63, 3.8) is 0 Å². The zero-order chi connectivity index (χ0) is 17.0. The van der Waals surface area contributed by atoms with Crippen molar-refractivity contribution in [2.24, 2.45) is 5.92 Å². The van der Waals surface area contributed by atoms with Gasteiger partial charge >= 0.3 is 0 Å². The fourth-order valence-electron chi connectivity index (χ4n) is 2.83. The van der Waals surface area contributed by atoms with E-state index in [0.29, 0.717) is 36.9 Å². The lowest BCUT2D eigenvalue weighted by molar-refractivity contribution is -0.141. The van der Waals surface area contributed by atoms with Crippen LogP contribution >= 0.6 is 11.6 Å². The van der Waals surface area contributed by atoms with Gasteiger partial charge in [-0.2, -0.15) is 0 Å². The first-order chi connectivity index (χ1) is 10.8. The first kappa shape index (κ1) is 17.8. The molecule has 126 valence electrons. The Hall–Kier alpha value is -1.55. The van der Waals surface area contributed by atoms with Gasteiger partial charge in [0.05, 0.1) is 0 Å². The van der Waals surface area contributed by atoms with E-state index in [1.807, 2.05) is 19.1 Å². The molecule has 0 aliphatic carbocycles. The second kappa shape index (κ2) is 7.35. The van der Waals surface area contributed by atoms with Crippen molar-refractivity contribution in [2.75, 3.05) is 6.54 Å². The van der Waals surface area contributed by atoms with E-state index in [2.05, 4.69) is 19.2 Å². The highest BCUT2D eigenvalue weighted by Gasteiger charge is 2.46. The van der Waals surface area contributed by atoms with E-state index >= 15 is 0 Å².